The van der Waals surface area contributed by atoms with Gasteiger partial charge in [-0.15, -0.1) is 0 Å². The zero-order chi connectivity index (χ0) is 17.2. The molecule has 0 amide bonds. The average molecular weight is 356 g/mol. The van der Waals surface area contributed by atoms with Gasteiger partial charge in [0.25, 0.3) is 11.2 Å². The number of hydrogen-bond acceptors (Lipinski definition) is 5. The maximum absolute atomic E-state index is 12.4. The van der Waals surface area contributed by atoms with Crippen molar-refractivity contribution < 1.29 is 9.66 Å². The topological polar surface area (TPSA) is 87.3 Å². The Hall–Kier alpha value is -1.77. The van der Waals surface area contributed by atoms with Crippen LogP contribution in [0.4, 0.5) is 5.69 Å². The van der Waals surface area contributed by atoms with Crippen LogP contribution in [0.15, 0.2) is 23.0 Å². The summed E-state index contributed by atoms with van der Waals surface area (Å²) >= 11 is 6.02. The van der Waals surface area contributed by atoms with Crippen LogP contribution < -0.4 is 5.56 Å². The van der Waals surface area contributed by atoms with Gasteiger partial charge < -0.3 is 4.74 Å². The van der Waals surface area contributed by atoms with Crippen LogP contribution in [0.2, 0.25) is 31.0 Å². The van der Waals surface area contributed by atoms with Gasteiger partial charge >= 0.3 is 0 Å². The van der Waals surface area contributed by atoms with E-state index >= 15 is 0 Å². The van der Waals surface area contributed by atoms with Crippen molar-refractivity contribution in [1.29, 1.82) is 0 Å². The second-order valence-electron chi connectivity index (χ2n) is 6.42. The van der Waals surface area contributed by atoms with E-state index in [1.54, 1.807) is 0 Å². The first kappa shape index (κ1) is 17.6. The van der Waals surface area contributed by atoms with Crippen molar-refractivity contribution >= 4 is 36.3 Å². The average Bonchev–Trinajstić information content (AvgIpc) is 2.44. The van der Waals surface area contributed by atoms with Gasteiger partial charge in [-0.2, -0.15) is 0 Å². The second kappa shape index (κ2) is 6.77. The van der Waals surface area contributed by atoms with Gasteiger partial charge in [0.05, 0.1) is 15.8 Å². The molecule has 124 valence electrons. The van der Waals surface area contributed by atoms with Crippen molar-refractivity contribution in [2.75, 3.05) is 6.61 Å². The Balaban J connectivity index is 2.26. The monoisotopic (exact) mass is 355 g/mol. The lowest BCUT2D eigenvalue weighted by Gasteiger charge is -2.16. The summed E-state index contributed by atoms with van der Waals surface area (Å²) in [6, 6.07) is 4.87. The van der Waals surface area contributed by atoms with Gasteiger partial charge in [0, 0.05) is 26.8 Å². The fourth-order valence-corrected chi connectivity index (χ4v) is 2.92. The van der Waals surface area contributed by atoms with Gasteiger partial charge in [0.1, 0.15) is 6.73 Å². The molecule has 7 nitrogen and oxygen atoms in total. The van der Waals surface area contributed by atoms with Crippen molar-refractivity contribution in [3.63, 3.8) is 0 Å². The van der Waals surface area contributed by atoms with Crippen LogP contribution in [0, 0.1) is 10.1 Å². The minimum Gasteiger partial charge on any atom is -0.361 e. The molecule has 23 heavy (non-hydrogen) atoms. The van der Waals surface area contributed by atoms with Crippen molar-refractivity contribution in [1.82, 2.24) is 9.55 Å². The lowest BCUT2D eigenvalue weighted by atomic mass is 10.2. The molecule has 0 saturated heterocycles. The van der Waals surface area contributed by atoms with Gasteiger partial charge in [-0.25, -0.2) is 4.98 Å². The Morgan fingerprint density at radius 3 is 2.70 bits per heavy atom. The number of hydrogen-bond donors (Lipinski definition) is 0. The molecule has 0 unspecified atom stereocenters. The van der Waals surface area contributed by atoms with Crippen molar-refractivity contribution in [2.24, 2.45) is 0 Å². The normalized spacial score (nSPS) is 11.8. The molecule has 2 rings (SSSR count). The molecule has 0 aliphatic carbocycles. The van der Waals surface area contributed by atoms with E-state index in [1.807, 2.05) is 0 Å². The molecule has 0 aliphatic rings. The number of aromatic nitrogens is 2. The van der Waals surface area contributed by atoms with Crippen molar-refractivity contribution in [3.05, 3.63) is 44.0 Å². The molecule has 0 saturated carbocycles. The third-order valence-electron chi connectivity index (χ3n) is 3.32. The minimum absolute atomic E-state index is 0.0159. The van der Waals surface area contributed by atoms with Crippen LogP contribution in [-0.4, -0.2) is 29.2 Å². The summed E-state index contributed by atoms with van der Waals surface area (Å²) in [7, 11) is -1.21. The van der Waals surface area contributed by atoms with Crippen LogP contribution >= 0.6 is 11.6 Å². The molecule has 0 spiro atoms. The Bertz CT molecular complexity index is 801. The van der Waals surface area contributed by atoms with Crippen LogP contribution in [0.25, 0.3) is 10.9 Å². The second-order valence-corrected chi connectivity index (χ2v) is 12.4. The van der Waals surface area contributed by atoms with Crippen molar-refractivity contribution in [2.45, 2.75) is 32.4 Å². The highest BCUT2D eigenvalue weighted by atomic mass is 35.5. The van der Waals surface area contributed by atoms with Crippen LogP contribution in [0.5, 0.6) is 0 Å². The Kier molecular flexibility index (Phi) is 5.18. The molecule has 0 atom stereocenters. The number of nitro benzene ring substituents is 1. The number of nitrogens with zero attached hydrogens (tertiary/aromatic N) is 3. The largest absolute Gasteiger partial charge is 0.361 e. The summed E-state index contributed by atoms with van der Waals surface area (Å²) in [5, 5.41) is 11.0. The number of fused-ring (bicyclic) bond motifs is 1. The van der Waals surface area contributed by atoms with E-state index in [0.717, 1.165) is 6.04 Å². The molecular weight excluding hydrogens is 338 g/mol. The quantitative estimate of drug-likeness (QED) is 0.261. The van der Waals surface area contributed by atoms with Gasteiger partial charge in [0.15, 0.2) is 0 Å². The first-order chi connectivity index (χ1) is 10.7. The van der Waals surface area contributed by atoms with E-state index in [4.69, 9.17) is 16.3 Å². The molecule has 1 aromatic heterocycles. The molecule has 0 N–H and O–H groups in total. The van der Waals surface area contributed by atoms with E-state index < -0.39 is 13.0 Å². The molecule has 1 aromatic carbocycles. The summed E-state index contributed by atoms with van der Waals surface area (Å²) in [5.74, 6) is 0. The lowest BCUT2D eigenvalue weighted by Crippen LogP contribution is -2.26. The first-order valence-electron chi connectivity index (χ1n) is 7.11. The molecule has 2 aromatic rings. The maximum atomic E-state index is 12.4. The highest BCUT2D eigenvalue weighted by Crippen LogP contribution is 2.18. The summed E-state index contributed by atoms with van der Waals surface area (Å²) in [5.41, 5.74) is -0.306. The zero-order valence-electron chi connectivity index (χ0n) is 13.2. The minimum atomic E-state index is -1.21. The van der Waals surface area contributed by atoms with E-state index in [9.17, 15) is 14.9 Å². The highest BCUT2D eigenvalue weighted by Gasteiger charge is 2.15. The van der Waals surface area contributed by atoms with Gasteiger partial charge in [0.2, 0.25) is 5.28 Å². The number of ether oxygens (including phenoxy) is 1. The summed E-state index contributed by atoms with van der Waals surface area (Å²) < 4.78 is 6.76. The standard InChI is InChI=1S/C14H18ClN3O4Si/c1-23(2,3)7-6-22-9-17-13(19)11-5-4-10(18(20)21)8-12(11)16-14(17)15/h4-5,8H,6-7,9H2,1-3H3. The SMILES string of the molecule is C[Si](C)(C)CCOCn1c(Cl)nc2cc([N+](=O)[O-])ccc2c1=O. The molecule has 0 bridgehead atoms. The fraction of sp³-hybridized carbons (Fsp3) is 0.429. The van der Waals surface area contributed by atoms with Crippen LogP contribution in [0.3, 0.4) is 0 Å². The predicted molar refractivity (Wildman–Crippen MR) is 91.8 cm³/mol. The van der Waals surface area contributed by atoms with E-state index in [2.05, 4.69) is 24.6 Å². The van der Waals surface area contributed by atoms with Crippen molar-refractivity contribution in [3.8, 4) is 0 Å². The summed E-state index contributed by atoms with van der Waals surface area (Å²) in [6.45, 7) is 7.28. The van der Waals surface area contributed by atoms with Gasteiger partial charge in [-0.1, -0.05) is 19.6 Å². The Labute approximate surface area is 139 Å². The Morgan fingerprint density at radius 1 is 1.39 bits per heavy atom. The van der Waals surface area contributed by atoms with E-state index in [-0.39, 0.29) is 34.2 Å². The van der Waals surface area contributed by atoms with Gasteiger partial charge in [-0.3, -0.25) is 19.5 Å². The first-order valence-corrected chi connectivity index (χ1v) is 11.2. The van der Waals surface area contributed by atoms with Gasteiger partial charge in [-0.05, 0) is 23.7 Å². The van der Waals surface area contributed by atoms with E-state index in [0.29, 0.717) is 6.61 Å². The molecule has 9 heteroatoms. The number of halogens is 1. The summed E-state index contributed by atoms with van der Waals surface area (Å²) in [4.78, 5) is 26.7. The molecule has 0 aliphatic heterocycles. The zero-order valence-corrected chi connectivity index (χ0v) is 15.0. The maximum Gasteiger partial charge on any atom is 0.271 e. The number of rotatable bonds is 6. The van der Waals surface area contributed by atoms with Crippen LogP contribution in [-0.2, 0) is 11.5 Å². The predicted octanol–water partition coefficient (Wildman–Crippen LogP) is 3.27. The number of benzene rings is 1. The molecule has 1 heterocycles. The number of non-ortho nitro benzene ring substituents is 1. The highest BCUT2D eigenvalue weighted by molar-refractivity contribution is 6.76. The van der Waals surface area contributed by atoms with Crippen LogP contribution in [0.1, 0.15) is 0 Å². The molecule has 0 radical (unpaired) electrons. The third-order valence-corrected chi connectivity index (χ3v) is 5.31. The third kappa shape index (κ3) is 4.37. The smallest absolute Gasteiger partial charge is 0.271 e. The molecule has 0 fully saturated rings. The fourth-order valence-electron chi connectivity index (χ4n) is 1.94. The summed E-state index contributed by atoms with van der Waals surface area (Å²) in [6.07, 6.45) is 0. The van der Waals surface area contributed by atoms with E-state index in [1.165, 1.54) is 22.8 Å². The lowest BCUT2D eigenvalue weighted by molar-refractivity contribution is -0.384. The number of nitro groups is 1. The Morgan fingerprint density at radius 2 is 2.09 bits per heavy atom. The molecular formula is C14H18ClN3O4Si.